The van der Waals surface area contributed by atoms with Crippen molar-refractivity contribution in [3.8, 4) is 0 Å². The third-order valence-electron chi connectivity index (χ3n) is 5.02. The maximum Gasteiger partial charge on any atom is 0.248 e. The molecule has 1 atom stereocenters. The molecule has 1 aliphatic rings. The van der Waals surface area contributed by atoms with Gasteiger partial charge < -0.3 is 9.84 Å². The second-order valence-corrected chi connectivity index (χ2v) is 10.3. The molecule has 0 spiro atoms. The van der Waals surface area contributed by atoms with E-state index in [0.29, 0.717) is 31.6 Å². The Bertz CT molecular complexity index is 957. The Balaban J connectivity index is 1.48. The SMILES string of the molecule is Cc1noc(C)c1S(=O)(=O)N1CCCC(C(=O)NCCCSc2ccc(F)cc2)C1. The van der Waals surface area contributed by atoms with E-state index in [4.69, 9.17) is 4.52 Å². The number of sulfonamides is 1. The highest BCUT2D eigenvalue weighted by atomic mass is 32.2. The second-order valence-electron chi connectivity index (χ2n) is 7.30. The van der Waals surface area contributed by atoms with Crippen LogP contribution in [0.1, 0.15) is 30.7 Å². The van der Waals surface area contributed by atoms with Crippen LogP contribution in [-0.4, -0.2) is 49.2 Å². The van der Waals surface area contributed by atoms with Gasteiger partial charge in [0.15, 0.2) is 5.76 Å². The Hall–Kier alpha value is -1.91. The fourth-order valence-electron chi connectivity index (χ4n) is 3.50. The van der Waals surface area contributed by atoms with Gasteiger partial charge in [0, 0.05) is 24.5 Å². The molecule has 1 fully saturated rings. The minimum Gasteiger partial charge on any atom is -0.360 e. The lowest BCUT2D eigenvalue weighted by molar-refractivity contribution is -0.126. The molecule has 164 valence electrons. The van der Waals surface area contributed by atoms with Crippen LogP contribution in [0.15, 0.2) is 38.6 Å². The number of hydrogen-bond donors (Lipinski definition) is 1. The Morgan fingerprint density at radius 2 is 2.07 bits per heavy atom. The Labute approximate surface area is 180 Å². The van der Waals surface area contributed by atoms with Crippen LogP contribution in [0.4, 0.5) is 4.39 Å². The van der Waals surface area contributed by atoms with E-state index >= 15 is 0 Å². The maximum atomic E-state index is 13.0. The Morgan fingerprint density at radius 3 is 2.73 bits per heavy atom. The van der Waals surface area contributed by atoms with E-state index < -0.39 is 10.0 Å². The number of nitrogens with zero attached hydrogens (tertiary/aromatic N) is 2. The van der Waals surface area contributed by atoms with Gasteiger partial charge in [-0.15, -0.1) is 11.8 Å². The number of nitrogens with one attached hydrogen (secondary N) is 1. The van der Waals surface area contributed by atoms with Gasteiger partial charge in [-0.3, -0.25) is 4.79 Å². The molecule has 2 aromatic rings. The van der Waals surface area contributed by atoms with Gasteiger partial charge in [-0.1, -0.05) is 5.16 Å². The Morgan fingerprint density at radius 1 is 1.33 bits per heavy atom. The molecule has 10 heteroatoms. The summed E-state index contributed by atoms with van der Waals surface area (Å²) in [6.07, 6.45) is 2.05. The first-order chi connectivity index (χ1) is 14.3. The molecule has 0 bridgehead atoms. The normalized spacial score (nSPS) is 17.8. The lowest BCUT2D eigenvalue weighted by Gasteiger charge is -2.31. The third kappa shape index (κ3) is 5.41. The molecule has 0 aliphatic carbocycles. The number of amides is 1. The van der Waals surface area contributed by atoms with Gasteiger partial charge in [-0.2, -0.15) is 4.31 Å². The number of carbonyl (C=O) groups is 1. The first-order valence-corrected chi connectivity index (χ1v) is 12.3. The van der Waals surface area contributed by atoms with Gasteiger partial charge in [-0.25, -0.2) is 12.8 Å². The van der Waals surface area contributed by atoms with Crippen LogP contribution in [0, 0.1) is 25.6 Å². The van der Waals surface area contributed by atoms with Crippen molar-refractivity contribution in [2.24, 2.45) is 5.92 Å². The number of halogens is 1. The molecule has 1 N–H and O–H groups in total. The molecule has 30 heavy (non-hydrogen) atoms. The van der Waals surface area contributed by atoms with Crippen molar-refractivity contribution in [1.82, 2.24) is 14.8 Å². The lowest BCUT2D eigenvalue weighted by Crippen LogP contribution is -2.45. The largest absolute Gasteiger partial charge is 0.360 e. The highest BCUT2D eigenvalue weighted by molar-refractivity contribution is 7.99. The lowest BCUT2D eigenvalue weighted by atomic mass is 9.99. The summed E-state index contributed by atoms with van der Waals surface area (Å²) in [6.45, 7) is 4.22. The summed E-state index contributed by atoms with van der Waals surface area (Å²) >= 11 is 1.60. The zero-order chi connectivity index (χ0) is 21.7. The van der Waals surface area contributed by atoms with Crippen LogP contribution in [0.2, 0.25) is 0 Å². The Kier molecular flexibility index (Phi) is 7.54. The zero-order valence-corrected chi connectivity index (χ0v) is 18.7. The molecule has 1 amide bonds. The number of aromatic nitrogens is 1. The van der Waals surface area contributed by atoms with E-state index in [1.54, 1.807) is 37.7 Å². The number of benzene rings is 1. The molecule has 1 aromatic heterocycles. The summed E-state index contributed by atoms with van der Waals surface area (Å²) in [6, 6.07) is 6.31. The van der Waals surface area contributed by atoms with Gasteiger partial charge in [0.1, 0.15) is 16.4 Å². The fraction of sp³-hybridized carbons (Fsp3) is 0.500. The summed E-state index contributed by atoms with van der Waals surface area (Å²) < 4.78 is 45.2. The average Bonchev–Trinajstić information content (AvgIpc) is 3.08. The predicted molar refractivity (Wildman–Crippen MR) is 112 cm³/mol. The topological polar surface area (TPSA) is 92.5 Å². The van der Waals surface area contributed by atoms with Gasteiger partial charge in [0.2, 0.25) is 15.9 Å². The fourth-order valence-corrected chi connectivity index (χ4v) is 6.16. The minimum absolute atomic E-state index is 0.0985. The van der Waals surface area contributed by atoms with Crippen LogP contribution in [0.25, 0.3) is 0 Å². The van der Waals surface area contributed by atoms with Gasteiger partial charge in [0.05, 0.1) is 5.92 Å². The maximum absolute atomic E-state index is 13.0. The third-order valence-corrected chi connectivity index (χ3v) is 8.23. The molecular weight excluding hydrogens is 429 g/mol. The van der Waals surface area contributed by atoms with E-state index in [0.717, 1.165) is 17.1 Å². The second kappa shape index (κ2) is 9.93. The van der Waals surface area contributed by atoms with Gasteiger partial charge in [0.25, 0.3) is 0 Å². The van der Waals surface area contributed by atoms with Crippen LogP contribution in [0.3, 0.4) is 0 Å². The van der Waals surface area contributed by atoms with Gasteiger partial charge in [-0.05, 0) is 63.1 Å². The molecular formula is C20H26FN3O4S2. The molecule has 0 radical (unpaired) electrons. The number of aryl methyl sites for hydroxylation is 2. The molecule has 1 unspecified atom stereocenters. The molecule has 1 aromatic carbocycles. The van der Waals surface area contributed by atoms with E-state index in [1.807, 2.05) is 0 Å². The summed E-state index contributed by atoms with van der Waals surface area (Å²) in [5.74, 6) is 0.296. The summed E-state index contributed by atoms with van der Waals surface area (Å²) in [7, 11) is -3.74. The molecule has 1 saturated heterocycles. The zero-order valence-electron chi connectivity index (χ0n) is 17.1. The molecule has 0 saturated carbocycles. The van der Waals surface area contributed by atoms with E-state index in [2.05, 4.69) is 10.5 Å². The minimum atomic E-state index is -3.74. The van der Waals surface area contributed by atoms with Crippen molar-refractivity contribution in [2.75, 3.05) is 25.4 Å². The number of piperidine rings is 1. The van der Waals surface area contributed by atoms with Crippen molar-refractivity contribution in [3.63, 3.8) is 0 Å². The summed E-state index contributed by atoms with van der Waals surface area (Å²) in [4.78, 5) is 13.6. The summed E-state index contributed by atoms with van der Waals surface area (Å²) in [5, 5.41) is 6.65. The van der Waals surface area contributed by atoms with Crippen LogP contribution in [0.5, 0.6) is 0 Å². The highest BCUT2D eigenvalue weighted by Gasteiger charge is 2.36. The van der Waals surface area contributed by atoms with Crippen molar-refractivity contribution in [1.29, 1.82) is 0 Å². The quantitative estimate of drug-likeness (QED) is 0.486. The van der Waals surface area contributed by atoms with Crippen molar-refractivity contribution in [3.05, 3.63) is 41.5 Å². The first kappa shape index (κ1) is 22.8. The number of thioether (sulfide) groups is 1. The van der Waals surface area contributed by atoms with Crippen LogP contribution >= 0.6 is 11.8 Å². The number of hydrogen-bond acceptors (Lipinski definition) is 6. The van der Waals surface area contributed by atoms with Crippen molar-refractivity contribution < 1.29 is 22.1 Å². The van der Waals surface area contributed by atoms with E-state index in [-0.39, 0.29) is 34.8 Å². The standard InChI is InChI=1S/C20H26FN3O4S2/c1-14-19(15(2)28-23-14)30(26,27)24-11-3-5-16(13-24)20(25)22-10-4-12-29-18-8-6-17(21)7-9-18/h6-9,16H,3-5,10-13H2,1-2H3,(H,22,25). The monoisotopic (exact) mass is 455 g/mol. The van der Waals surface area contributed by atoms with Crippen LogP contribution < -0.4 is 5.32 Å². The molecule has 3 rings (SSSR count). The highest BCUT2D eigenvalue weighted by Crippen LogP contribution is 2.27. The average molecular weight is 456 g/mol. The van der Waals surface area contributed by atoms with Crippen LogP contribution in [-0.2, 0) is 14.8 Å². The summed E-state index contributed by atoms with van der Waals surface area (Å²) in [5.41, 5.74) is 0.331. The number of rotatable bonds is 8. The van der Waals surface area contributed by atoms with E-state index in [9.17, 15) is 17.6 Å². The first-order valence-electron chi connectivity index (χ1n) is 9.88. The number of carbonyl (C=O) groups excluding carboxylic acids is 1. The van der Waals surface area contributed by atoms with Crippen molar-refractivity contribution >= 4 is 27.7 Å². The van der Waals surface area contributed by atoms with Gasteiger partial charge >= 0.3 is 0 Å². The smallest absolute Gasteiger partial charge is 0.248 e. The molecule has 1 aliphatic heterocycles. The van der Waals surface area contributed by atoms with Crippen molar-refractivity contribution in [2.45, 2.75) is 42.9 Å². The predicted octanol–water partition coefficient (Wildman–Crippen LogP) is 3.13. The molecule has 2 heterocycles. The molecule has 7 nitrogen and oxygen atoms in total. The van der Waals surface area contributed by atoms with E-state index in [1.165, 1.54) is 16.4 Å².